The molecule has 0 aliphatic carbocycles. The maximum Gasteiger partial charge on any atom is 0.117 e. The number of thiophene rings is 1. The molecular formula is C23H19BrPS+. The van der Waals surface area contributed by atoms with Crippen LogP contribution in [0.25, 0.3) is 0 Å². The Morgan fingerprint density at radius 3 is 1.35 bits per heavy atom. The Morgan fingerprint density at radius 1 is 0.577 bits per heavy atom. The fourth-order valence-electron chi connectivity index (χ4n) is 3.44. The Bertz CT molecular complexity index is 868. The van der Waals surface area contributed by atoms with Gasteiger partial charge in [0.05, 0.1) is 3.79 Å². The molecule has 0 nitrogen and oxygen atoms in total. The molecule has 4 rings (SSSR count). The van der Waals surface area contributed by atoms with Gasteiger partial charge in [0.15, 0.2) is 0 Å². The molecule has 1 heterocycles. The zero-order chi connectivity index (χ0) is 17.8. The highest BCUT2D eigenvalue weighted by Gasteiger charge is 2.45. The quantitative estimate of drug-likeness (QED) is 0.335. The maximum absolute atomic E-state index is 3.64. The fraction of sp³-hybridized carbons (Fsp3) is 0.0435. The van der Waals surface area contributed by atoms with Crippen LogP contribution in [0.2, 0.25) is 0 Å². The standard InChI is InChI=1S/C23H19BrPS/c24-23-17-16-22(26-23)18-25(19-10-4-1-5-11-19,20-12-6-2-7-13-20)21-14-8-3-9-15-21/h1-17H,18H2/q+1. The van der Waals surface area contributed by atoms with Gasteiger partial charge in [-0.15, -0.1) is 11.3 Å². The van der Waals surface area contributed by atoms with Crippen molar-refractivity contribution in [3.8, 4) is 0 Å². The monoisotopic (exact) mass is 437 g/mol. The Kier molecular flexibility index (Phi) is 5.36. The van der Waals surface area contributed by atoms with Gasteiger partial charge < -0.3 is 0 Å². The number of halogens is 1. The molecule has 3 heteroatoms. The third kappa shape index (κ3) is 3.42. The molecule has 0 aliphatic heterocycles. The molecule has 0 radical (unpaired) electrons. The normalized spacial score (nSPS) is 11.4. The lowest BCUT2D eigenvalue weighted by Crippen LogP contribution is -2.32. The number of hydrogen-bond acceptors (Lipinski definition) is 1. The molecule has 1 aromatic heterocycles. The lowest BCUT2D eigenvalue weighted by Gasteiger charge is -2.27. The average Bonchev–Trinajstić information content (AvgIpc) is 3.13. The van der Waals surface area contributed by atoms with Crippen LogP contribution < -0.4 is 15.9 Å². The van der Waals surface area contributed by atoms with Gasteiger partial charge in [-0.2, -0.15) is 0 Å². The summed E-state index contributed by atoms with van der Waals surface area (Å²) in [6, 6.07) is 37.6. The van der Waals surface area contributed by atoms with E-state index >= 15 is 0 Å². The molecule has 0 unspecified atom stereocenters. The minimum absolute atomic E-state index is 1.04. The van der Waals surface area contributed by atoms with E-state index in [1.165, 1.54) is 24.6 Å². The van der Waals surface area contributed by atoms with E-state index in [1.807, 2.05) is 11.3 Å². The van der Waals surface area contributed by atoms with Gasteiger partial charge in [-0.05, 0) is 64.5 Å². The van der Waals surface area contributed by atoms with Gasteiger partial charge in [-0.1, -0.05) is 54.6 Å². The first-order valence-corrected chi connectivity index (χ1v) is 12.2. The van der Waals surface area contributed by atoms with Crippen molar-refractivity contribution < 1.29 is 0 Å². The van der Waals surface area contributed by atoms with Crippen molar-refractivity contribution >= 4 is 50.4 Å². The summed E-state index contributed by atoms with van der Waals surface area (Å²) in [6.07, 6.45) is 1.04. The average molecular weight is 438 g/mol. The van der Waals surface area contributed by atoms with E-state index in [1.54, 1.807) is 0 Å². The van der Waals surface area contributed by atoms with Crippen LogP contribution in [0.5, 0.6) is 0 Å². The molecule has 4 aromatic rings. The van der Waals surface area contributed by atoms with Gasteiger partial charge in [0.1, 0.15) is 29.3 Å². The van der Waals surface area contributed by atoms with Crippen LogP contribution >= 0.6 is 34.5 Å². The highest BCUT2D eigenvalue weighted by Crippen LogP contribution is 2.58. The zero-order valence-corrected chi connectivity index (χ0v) is 17.6. The van der Waals surface area contributed by atoms with Gasteiger partial charge in [0.2, 0.25) is 0 Å². The van der Waals surface area contributed by atoms with Gasteiger partial charge in [0.25, 0.3) is 0 Å². The fourth-order valence-corrected chi connectivity index (χ4v) is 9.62. The topological polar surface area (TPSA) is 0 Å². The van der Waals surface area contributed by atoms with E-state index < -0.39 is 7.26 Å². The number of rotatable bonds is 5. The van der Waals surface area contributed by atoms with Crippen molar-refractivity contribution in [2.75, 3.05) is 0 Å². The van der Waals surface area contributed by atoms with Crippen molar-refractivity contribution in [3.63, 3.8) is 0 Å². The lowest BCUT2D eigenvalue weighted by molar-refractivity contribution is 1.50. The van der Waals surface area contributed by atoms with Crippen molar-refractivity contribution in [1.29, 1.82) is 0 Å². The SMILES string of the molecule is Brc1ccc(C[P+](c2ccccc2)(c2ccccc2)c2ccccc2)s1. The highest BCUT2D eigenvalue weighted by atomic mass is 79.9. The Morgan fingerprint density at radius 2 is 1.00 bits per heavy atom. The van der Waals surface area contributed by atoms with E-state index in [0.29, 0.717) is 0 Å². The second-order valence-corrected chi connectivity index (χ2v) is 12.2. The van der Waals surface area contributed by atoms with Crippen LogP contribution in [0.1, 0.15) is 4.88 Å². The summed E-state index contributed by atoms with van der Waals surface area (Å²) in [5.74, 6) is 0. The van der Waals surface area contributed by atoms with Crippen molar-refractivity contribution in [2.24, 2.45) is 0 Å². The van der Waals surface area contributed by atoms with Crippen LogP contribution in [0.3, 0.4) is 0 Å². The molecular weight excluding hydrogens is 419 g/mol. The minimum Gasteiger partial charge on any atom is -0.129 e. The molecule has 0 fully saturated rings. The summed E-state index contributed by atoms with van der Waals surface area (Å²) in [4.78, 5) is 1.42. The third-order valence-corrected chi connectivity index (χ3v) is 10.8. The van der Waals surface area contributed by atoms with E-state index in [-0.39, 0.29) is 0 Å². The van der Waals surface area contributed by atoms with Crippen LogP contribution in [0, 0.1) is 0 Å². The summed E-state index contributed by atoms with van der Waals surface area (Å²) in [5.41, 5.74) is 0. The van der Waals surface area contributed by atoms with E-state index in [0.717, 1.165) is 6.16 Å². The predicted molar refractivity (Wildman–Crippen MR) is 121 cm³/mol. The first-order valence-electron chi connectivity index (χ1n) is 8.58. The summed E-state index contributed by atoms with van der Waals surface area (Å²) < 4.78 is 1.19. The first-order chi connectivity index (χ1) is 12.8. The van der Waals surface area contributed by atoms with Crippen LogP contribution in [-0.4, -0.2) is 0 Å². The summed E-state index contributed by atoms with van der Waals surface area (Å²) in [6.45, 7) is 0. The van der Waals surface area contributed by atoms with Crippen molar-refractivity contribution in [3.05, 3.63) is 112 Å². The lowest BCUT2D eigenvalue weighted by atomic mass is 10.4. The van der Waals surface area contributed by atoms with Crippen LogP contribution in [-0.2, 0) is 6.16 Å². The molecule has 0 saturated heterocycles. The zero-order valence-electron chi connectivity index (χ0n) is 14.3. The molecule has 0 N–H and O–H groups in total. The van der Waals surface area contributed by atoms with Crippen LogP contribution in [0.15, 0.2) is 107 Å². The van der Waals surface area contributed by atoms with E-state index in [4.69, 9.17) is 0 Å². The Hall–Kier alpha value is -1.73. The predicted octanol–water partition coefficient (Wildman–Crippen LogP) is 6.00. The molecule has 3 aromatic carbocycles. The number of hydrogen-bond donors (Lipinski definition) is 0. The molecule has 0 saturated carbocycles. The van der Waals surface area contributed by atoms with Gasteiger partial charge >= 0.3 is 0 Å². The van der Waals surface area contributed by atoms with Gasteiger partial charge in [-0.3, -0.25) is 0 Å². The molecule has 0 atom stereocenters. The molecule has 0 spiro atoms. The molecule has 0 bridgehead atoms. The second-order valence-electron chi connectivity index (χ2n) is 6.18. The van der Waals surface area contributed by atoms with Gasteiger partial charge in [-0.25, -0.2) is 0 Å². The summed E-state index contributed by atoms with van der Waals surface area (Å²) >= 11 is 5.48. The largest absolute Gasteiger partial charge is 0.129 e. The third-order valence-electron chi connectivity index (χ3n) is 4.61. The summed E-state index contributed by atoms with van der Waals surface area (Å²) in [7, 11) is -1.77. The molecule has 128 valence electrons. The second kappa shape index (κ2) is 7.88. The highest BCUT2D eigenvalue weighted by molar-refractivity contribution is 9.11. The Labute approximate surface area is 168 Å². The number of benzene rings is 3. The van der Waals surface area contributed by atoms with E-state index in [2.05, 4.69) is 119 Å². The smallest absolute Gasteiger partial charge is 0.117 e. The van der Waals surface area contributed by atoms with Crippen molar-refractivity contribution in [2.45, 2.75) is 6.16 Å². The summed E-state index contributed by atoms with van der Waals surface area (Å²) in [5, 5.41) is 4.30. The van der Waals surface area contributed by atoms with Crippen molar-refractivity contribution in [1.82, 2.24) is 0 Å². The van der Waals surface area contributed by atoms with Gasteiger partial charge in [0, 0.05) is 4.88 Å². The maximum atomic E-state index is 3.64. The molecule has 0 amide bonds. The molecule has 26 heavy (non-hydrogen) atoms. The minimum atomic E-state index is -1.77. The Balaban J connectivity index is 2.00. The van der Waals surface area contributed by atoms with Crippen LogP contribution in [0.4, 0.5) is 0 Å². The first kappa shape index (κ1) is 17.7. The molecule has 0 aliphatic rings. The van der Waals surface area contributed by atoms with E-state index in [9.17, 15) is 0 Å².